The highest BCUT2D eigenvalue weighted by Gasteiger charge is 2.15. The number of sulfone groups is 1. The van der Waals surface area contributed by atoms with Crippen LogP contribution in [0.4, 0.5) is 11.4 Å². The number of hydrogen-bond acceptors (Lipinski definition) is 6. The number of nitrogens with one attached hydrogen (secondary N) is 1. The average Bonchev–Trinajstić information content (AvgIpc) is 2.19. The van der Waals surface area contributed by atoms with Crippen LogP contribution in [0.25, 0.3) is 0 Å². The number of rotatable bonds is 5. The summed E-state index contributed by atoms with van der Waals surface area (Å²) in [5.74, 6) is -1.11. The van der Waals surface area contributed by atoms with Crippen LogP contribution in [0, 0.1) is 0 Å². The van der Waals surface area contributed by atoms with Gasteiger partial charge in [-0.25, -0.2) is 16.8 Å². The van der Waals surface area contributed by atoms with Crippen LogP contribution >= 0.6 is 0 Å². The first-order valence-corrected chi connectivity index (χ1v) is 8.57. The summed E-state index contributed by atoms with van der Waals surface area (Å²) in [7, 11) is -7.15. The molecule has 4 N–H and O–H groups in total. The summed E-state index contributed by atoms with van der Waals surface area (Å²) in [6.07, 6.45) is 0.956. The van der Waals surface area contributed by atoms with Crippen molar-refractivity contribution in [1.29, 1.82) is 0 Å². The first-order chi connectivity index (χ1) is 8.09. The Morgan fingerprint density at radius 3 is 2.33 bits per heavy atom. The fraction of sp³-hybridized carbons (Fsp3) is 0.333. The number of phenolic OH excluding ortho intramolecular Hbond substituents is 1. The second kappa shape index (κ2) is 5.02. The molecule has 0 radical (unpaired) electrons. The van der Waals surface area contributed by atoms with E-state index in [0.29, 0.717) is 0 Å². The molecule has 0 saturated carbocycles. The maximum Gasteiger partial charge on any atom is 0.233 e. The van der Waals surface area contributed by atoms with Crippen LogP contribution in [-0.2, 0) is 19.9 Å². The van der Waals surface area contributed by atoms with Crippen molar-refractivity contribution in [3.63, 3.8) is 0 Å². The van der Waals surface area contributed by atoms with E-state index < -0.39 is 31.4 Å². The van der Waals surface area contributed by atoms with Crippen molar-refractivity contribution in [2.45, 2.75) is 0 Å². The minimum Gasteiger partial charge on any atom is -0.508 e. The van der Waals surface area contributed by atoms with Crippen LogP contribution in [0.1, 0.15) is 0 Å². The Bertz CT molecular complexity index is 637. The number of sulfonamides is 1. The molecule has 0 saturated heterocycles. The summed E-state index contributed by atoms with van der Waals surface area (Å²) in [4.78, 5) is 0. The summed E-state index contributed by atoms with van der Waals surface area (Å²) in [5.41, 5.74) is 5.66. The van der Waals surface area contributed by atoms with Gasteiger partial charge >= 0.3 is 0 Å². The summed E-state index contributed by atoms with van der Waals surface area (Å²) in [5, 5.41) is 9.11. The fourth-order valence-electron chi connectivity index (χ4n) is 1.12. The summed E-state index contributed by atoms with van der Waals surface area (Å²) >= 11 is 0. The lowest BCUT2D eigenvalue weighted by Gasteiger charge is -2.10. The molecule has 0 fully saturated rings. The third kappa shape index (κ3) is 4.80. The van der Waals surface area contributed by atoms with E-state index in [9.17, 15) is 16.8 Å². The molecular formula is C9H14N2O5S2. The van der Waals surface area contributed by atoms with Crippen molar-refractivity contribution in [2.75, 3.05) is 28.2 Å². The van der Waals surface area contributed by atoms with Gasteiger partial charge in [-0.05, 0) is 12.1 Å². The van der Waals surface area contributed by atoms with E-state index in [1.54, 1.807) is 0 Å². The topological polar surface area (TPSA) is 127 Å². The SMILES string of the molecule is CS(=O)(=O)CCS(=O)(=O)Nc1ccc(O)cc1N. The largest absolute Gasteiger partial charge is 0.508 e. The van der Waals surface area contributed by atoms with Crippen molar-refractivity contribution in [2.24, 2.45) is 0 Å². The van der Waals surface area contributed by atoms with E-state index >= 15 is 0 Å². The summed E-state index contributed by atoms with van der Waals surface area (Å²) < 4.78 is 47.1. The number of benzene rings is 1. The zero-order valence-electron chi connectivity index (χ0n) is 9.62. The Balaban J connectivity index is 2.83. The minimum absolute atomic E-state index is 0.0536. The molecule has 0 bridgehead atoms. The third-order valence-electron chi connectivity index (χ3n) is 2.02. The Morgan fingerprint density at radius 1 is 1.22 bits per heavy atom. The van der Waals surface area contributed by atoms with E-state index in [2.05, 4.69) is 4.72 Å². The van der Waals surface area contributed by atoms with Crippen LogP contribution in [0.5, 0.6) is 5.75 Å². The quantitative estimate of drug-likeness (QED) is 0.508. The Kier molecular flexibility index (Phi) is 4.07. The lowest BCUT2D eigenvalue weighted by molar-refractivity contribution is 0.475. The first kappa shape index (κ1) is 14.6. The number of phenols is 1. The van der Waals surface area contributed by atoms with E-state index in [1.807, 2.05) is 0 Å². The third-order valence-corrected chi connectivity index (χ3v) is 4.50. The second-order valence-corrected chi connectivity index (χ2v) is 7.92. The molecule has 0 aliphatic rings. The summed E-state index contributed by atoms with van der Waals surface area (Å²) in [6.45, 7) is 0. The van der Waals surface area contributed by atoms with Gasteiger partial charge in [-0.2, -0.15) is 0 Å². The van der Waals surface area contributed by atoms with Gasteiger partial charge in [0.15, 0.2) is 0 Å². The zero-order valence-corrected chi connectivity index (χ0v) is 11.3. The number of hydrogen-bond donors (Lipinski definition) is 3. The van der Waals surface area contributed by atoms with E-state index in [1.165, 1.54) is 18.2 Å². The number of nitrogen functional groups attached to an aromatic ring is 1. The van der Waals surface area contributed by atoms with Crippen molar-refractivity contribution in [3.05, 3.63) is 18.2 Å². The molecule has 0 aromatic heterocycles. The molecule has 102 valence electrons. The van der Waals surface area contributed by atoms with Crippen LogP contribution in [-0.4, -0.2) is 39.7 Å². The molecule has 1 rings (SSSR count). The van der Waals surface area contributed by atoms with Crippen LogP contribution in [0.2, 0.25) is 0 Å². The van der Waals surface area contributed by atoms with Gasteiger partial charge in [0, 0.05) is 12.3 Å². The van der Waals surface area contributed by atoms with Gasteiger partial charge in [-0.1, -0.05) is 0 Å². The molecule has 1 aromatic carbocycles. The van der Waals surface area contributed by atoms with Crippen LogP contribution in [0.15, 0.2) is 18.2 Å². The van der Waals surface area contributed by atoms with Gasteiger partial charge < -0.3 is 10.8 Å². The first-order valence-electron chi connectivity index (χ1n) is 4.86. The molecule has 7 nitrogen and oxygen atoms in total. The maximum atomic E-state index is 11.6. The maximum absolute atomic E-state index is 11.6. The average molecular weight is 294 g/mol. The highest BCUT2D eigenvalue weighted by molar-refractivity contribution is 7.95. The molecule has 0 aliphatic heterocycles. The van der Waals surface area contributed by atoms with E-state index in [0.717, 1.165) is 6.26 Å². The number of aromatic hydroxyl groups is 1. The van der Waals surface area contributed by atoms with Crippen molar-refractivity contribution in [3.8, 4) is 5.75 Å². The zero-order chi connectivity index (χ0) is 14.0. The number of nitrogens with two attached hydrogens (primary N) is 1. The highest BCUT2D eigenvalue weighted by atomic mass is 32.2. The lowest BCUT2D eigenvalue weighted by Crippen LogP contribution is -2.22. The van der Waals surface area contributed by atoms with Crippen LogP contribution in [0.3, 0.4) is 0 Å². The van der Waals surface area contributed by atoms with Gasteiger partial charge in [0.25, 0.3) is 0 Å². The fourth-order valence-corrected chi connectivity index (χ4v) is 3.83. The molecule has 0 aliphatic carbocycles. The molecule has 0 spiro atoms. The molecule has 0 atom stereocenters. The lowest BCUT2D eigenvalue weighted by atomic mass is 10.2. The van der Waals surface area contributed by atoms with Gasteiger partial charge in [0.2, 0.25) is 10.0 Å². The minimum atomic E-state index is -3.79. The Labute approximate surface area is 106 Å². The second-order valence-electron chi connectivity index (χ2n) is 3.82. The van der Waals surface area contributed by atoms with E-state index in [-0.39, 0.29) is 17.1 Å². The molecule has 0 amide bonds. The monoisotopic (exact) mass is 294 g/mol. The molecule has 0 heterocycles. The van der Waals surface area contributed by atoms with E-state index in [4.69, 9.17) is 10.8 Å². The van der Waals surface area contributed by atoms with Gasteiger partial charge in [-0.3, -0.25) is 4.72 Å². The molecular weight excluding hydrogens is 280 g/mol. The van der Waals surface area contributed by atoms with Crippen molar-refractivity contribution in [1.82, 2.24) is 0 Å². The Morgan fingerprint density at radius 2 is 1.83 bits per heavy atom. The van der Waals surface area contributed by atoms with Gasteiger partial charge in [0.05, 0.1) is 22.9 Å². The highest BCUT2D eigenvalue weighted by Crippen LogP contribution is 2.24. The molecule has 9 heteroatoms. The summed E-state index contributed by atoms with van der Waals surface area (Å²) in [6, 6.07) is 3.75. The molecule has 18 heavy (non-hydrogen) atoms. The Hall–Kier alpha value is -1.48. The van der Waals surface area contributed by atoms with Gasteiger partial charge in [-0.15, -0.1) is 0 Å². The molecule has 1 aromatic rings. The molecule has 0 unspecified atom stereocenters. The standard InChI is InChI=1S/C9H14N2O5S2/c1-17(13,14)4-5-18(15,16)11-9-3-2-7(12)6-8(9)10/h2-3,6,11-12H,4-5,10H2,1H3. The van der Waals surface area contributed by atoms with Crippen molar-refractivity contribution < 1.29 is 21.9 Å². The number of anilines is 2. The van der Waals surface area contributed by atoms with Gasteiger partial charge in [0.1, 0.15) is 15.6 Å². The predicted octanol–water partition coefficient (Wildman–Crippen LogP) is -0.239. The van der Waals surface area contributed by atoms with Crippen molar-refractivity contribution >= 4 is 31.2 Å². The normalized spacial score (nSPS) is 12.3. The predicted molar refractivity (Wildman–Crippen MR) is 69.6 cm³/mol. The smallest absolute Gasteiger partial charge is 0.233 e. The van der Waals surface area contributed by atoms with Crippen LogP contribution < -0.4 is 10.5 Å².